The van der Waals surface area contributed by atoms with Crippen molar-refractivity contribution in [3.05, 3.63) is 41.1 Å². The molecule has 1 amide bonds. The summed E-state index contributed by atoms with van der Waals surface area (Å²) in [5.74, 6) is 1.23. The molecule has 2 aromatic heterocycles. The molecule has 0 unspecified atom stereocenters. The van der Waals surface area contributed by atoms with E-state index in [-0.39, 0.29) is 17.5 Å². The molecule has 0 saturated carbocycles. The van der Waals surface area contributed by atoms with E-state index in [1.165, 1.54) is 31.3 Å². The average molecular weight is 410 g/mol. The van der Waals surface area contributed by atoms with Gasteiger partial charge in [-0.3, -0.25) is 14.2 Å². The first kappa shape index (κ1) is 19.6. The Bertz CT molecular complexity index is 1140. The van der Waals surface area contributed by atoms with Crippen LogP contribution >= 0.6 is 0 Å². The number of nitrogens with zero attached hydrogens (tertiary/aromatic N) is 5. The van der Waals surface area contributed by atoms with Gasteiger partial charge in [0.25, 0.3) is 5.56 Å². The lowest BCUT2D eigenvalue weighted by Gasteiger charge is -2.15. The Morgan fingerprint density at radius 1 is 1.17 bits per heavy atom. The third-order valence-corrected chi connectivity index (χ3v) is 4.95. The predicted octanol–water partition coefficient (Wildman–Crippen LogP) is 1.44. The van der Waals surface area contributed by atoms with Crippen LogP contribution in [0.15, 0.2) is 35.5 Å². The van der Waals surface area contributed by atoms with E-state index in [4.69, 9.17) is 9.47 Å². The molecule has 3 aromatic rings. The first-order chi connectivity index (χ1) is 14.6. The predicted molar refractivity (Wildman–Crippen MR) is 111 cm³/mol. The van der Waals surface area contributed by atoms with E-state index in [0.29, 0.717) is 28.8 Å². The van der Waals surface area contributed by atoms with Crippen molar-refractivity contribution in [1.29, 1.82) is 0 Å². The Hall–Kier alpha value is -3.69. The van der Waals surface area contributed by atoms with E-state index in [0.717, 1.165) is 25.9 Å². The fourth-order valence-electron chi connectivity index (χ4n) is 3.38. The van der Waals surface area contributed by atoms with E-state index in [1.807, 2.05) is 0 Å². The number of fused-ring (bicyclic) bond motifs is 1. The molecule has 1 aliphatic rings. The third-order valence-electron chi connectivity index (χ3n) is 4.95. The standard InChI is InChI=1S/C20H22N6O4/c1-29-13-5-6-16(30-2)15(9-13)23-17(27)11-26-12-22-18-14(19(26)28)10-21-20(24-18)25-7-3-4-8-25/h5-6,9-10,12H,3-4,7-8,11H2,1-2H3,(H,23,27). The van der Waals surface area contributed by atoms with E-state index >= 15 is 0 Å². The Morgan fingerprint density at radius 3 is 2.70 bits per heavy atom. The largest absolute Gasteiger partial charge is 0.497 e. The molecule has 0 spiro atoms. The van der Waals surface area contributed by atoms with Crippen LogP contribution in [0, 0.1) is 0 Å². The average Bonchev–Trinajstić information content (AvgIpc) is 3.30. The van der Waals surface area contributed by atoms with Crippen LogP contribution in [-0.4, -0.2) is 52.7 Å². The molecule has 0 radical (unpaired) electrons. The molecule has 1 aromatic carbocycles. The molecule has 0 atom stereocenters. The van der Waals surface area contributed by atoms with Gasteiger partial charge >= 0.3 is 0 Å². The molecule has 10 nitrogen and oxygen atoms in total. The van der Waals surface area contributed by atoms with Gasteiger partial charge in [0.2, 0.25) is 11.9 Å². The number of benzene rings is 1. The molecule has 156 valence electrons. The summed E-state index contributed by atoms with van der Waals surface area (Å²) < 4.78 is 11.7. The molecule has 0 aliphatic carbocycles. The molecule has 1 fully saturated rings. The van der Waals surface area contributed by atoms with Crippen molar-refractivity contribution in [2.45, 2.75) is 19.4 Å². The van der Waals surface area contributed by atoms with Crippen molar-refractivity contribution in [2.24, 2.45) is 0 Å². The van der Waals surface area contributed by atoms with Crippen LogP contribution in [0.5, 0.6) is 11.5 Å². The van der Waals surface area contributed by atoms with Crippen molar-refractivity contribution in [2.75, 3.05) is 37.5 Å². The molecular formula is C20H22N6O4. The minimum absolute atomic E-state index is 0.212. The fourth-order valence-corrected chi connectivity index (χ4v) is 3.38. The second kappa shape index (κ2) is 8.36. The van der Waals surface area contributed by atoms with Gasteiger partial charge in [-0.2, -0.15) is 4.98 Å². The van der Waals surface area contributed by atoms with Gasteiger partial charge in [-0.05, 0) is 25.0 Å². The van der Waals surface area contributed by atoms with Gasteiger partial charge in [0.1, 0.15) is 29.8 Å². The second-order valence-electron chi connectivity index (χ2n) is 6.89. The molecule has 10 heteroatoms. The molecule has 3 heterocycles. The number of nitrogens with one attached hydrogen (secondary N) is 1. The molecule has 0 bridgehead atoms. The highest BCUT2D eigenvalue weighted by atomic mass is 16.5. The zero-order valence-corrected chi connectivity index (χ0v) is 16.8. The highest BCUT2D eigenvalue weighted by Crippen LogP contribution is 2.28. The zero-order chi connectivity index (χ0) is 21.1. The summed E-state index contributed by atoms with van der Waals surface area (Å²) in [6.45, 7) is 1.59. The molecule has 30 heavy (non-hydrogen) atoms. The van der Waals surface area contributed by atoms with Gasteiger partial charge < -0.3 is 19.7 Å². The highest BCUT2D eigenvalue weighted by Gasteiger charge is 2.17. The summed E-state index contributed by atoms with van der Waals surface area (Å²) in [5, 5.41) is 3.01. The van der Waals surface area contributed by atoms with Crippen LogP contribution in [0.25, 0.3) is 11.0 Å². The number of hydrogen-bond donors (Lipinski definition) is 1. The van der Waals surface area contributed by atoms with Gasteiger partial charge in [-0.1, -0.05) is 0 Å². The minimum atomic E-state index is -0.403. The Labute approximate surface area is 172 Å². The Morgan fingerprint density at radius 2 is 1.97 bits per heavy atom. The second-order valence-corrected chi connectivity index (χ2v) is 6.89. The number of carbonyl (C=O) groups is 1. The Balaban J connectivity index is 1.55. The van der Waals surface area contributed by atoms with Crippen LogP contribution in [0.1, 0.15) is 12.8 Å². The monoisotopic (exact) mass is 410 g/mol. The summed E-state index contributed by atoms with van der Waals surface area (Å²) in [7, 11) is 3.04. The van der Waals surface area contributed by atoms with Crippen LogP contribution in [0.2, 0.25) is 0 Å². The lowest BCUT2D eigenvalue weighted by atomic mass is 10.2. The number of hydrogen-bond acceptors (Lipinski definition) is 8. The number of rotatable bonds is 6. The van der Waals surface area contributed by atoms with Crippen molar-refractivity contribution in [1.82, 2.24) is 19.5 Å². The van der Waals surface area contributed by atoms with Gasteiger partial charge in [-0.15, -0.1) is 0 Å². The summed E-state index contributed by atoms with van der Waals surface area (Å²) in [6, 6.07) is 5.06. The number of methoxy groups -OCH3 is 2. The van der Waals surface area contributed by atoms with Crippen LogP contribution in [-0.2, 0) is 11.3 Å². The summed E-state index contributed by atoms with van der Waals surface area (Å²) in [5.41, 5.74) is 0.394. The van der Waals surface area contributed by atoms with Crippen LogP contribution in [0.3, 0.4) is 0 Å². The topological polar surface area (TPSA) is 111 Å². The van der Waals surface area contributed by atoms with Crippen molar-refractivity contribution in [3.63, 3.8) is 0 Å². The molecule has 4 rings (SSSR count). The molecule has 1 aliphatic heterocycles. The van der Waals surface area contributed by atoms with E-state index in [9.17, 15) is 9.59 Å². The SMILES string of the molecule is COc1ccc(OC)c(NC(=O)Cn2cnc3nc(N4CCCC4)ncc3c2=O)c1. The Kier molecular flexibility index (Phi) is 5.46. The summed E-state index contributed by atoms with van der Waals surface area (Å²) >= 11 is 0. The van der Waals surface area contributed by atoms with Crippen molar-refractivity contribution in [3.8, 4) is 11.5 Å². The van der Waals surface area contributed by atoms with Gasteiger partial charge in [0.15, 0.2) is 5.65 Å². The number of carbonyl (C=O) groups excluding carboxylic acids is 1. The van der Waals surface area contributed by atoms with E-state index in [2.05, 4.69) is 25.2 Å². The maximum Gasteiger partial charge on any atom is 0.264 e. The normalized spacial score (nSPS) is 13.5. The highest BCUT2D eigenvalue weighted by molar-refractivity contribution is 5.92. The smallest absolute Gasteiger partial charge is 0.264 e. The van der Waals surface area contributed by atoms with Gasteiger partial charge in [0.05, 0.1) is 19.9 Å². The van der Waals surface area contributed by atoms with Crippen LogP contribution < -0.4 is 25.2 Å². The van der Waals surface area contributed by atoms with Crippen molar-refractivity contribution >= 4 is 28.6 Å². The number of aromatic nitrogens is 4. The van der Waals surface area contributed by atoms with Crippen LogP contribution in [0.4, 0.5) is 11.6 Å². The third kappa shape index (κ3) is 3.88. The molecule has 1 saturated heterocycles. The van der Waals surface area contributed by atoms with Crippen molar-refractivity contribution < 1.29 is 14.3 Å². The van der Waals surface area contributed by atoms with E-state index in [1.54, 1.807) is 18.2 Å². The summed E-state index contributed by atoms with van der Waals surface area (Å²) in [6.07, 6.45) is 5.01. The lowest BCUT2D eigenvalue weighted by Crippen LogP contribution is -2.28. The number of amides is 1. The fraction of sp³-hybridized carbons (Fsp3) is 0.350. The molecule has 1 N–H and O–H groups in total. The number of anilines is 2. The van der Waals surface area contributed by atoms with E-state index < -0.39 is 5.91 Å². The van der Waals surface area contributed by atoms with Gasteiger partial charge in [0, 0.05) is 25.4 Å². The lowest BCUT2D eigenvalue weighted by molar-refractivity contribution is -0.116. The maximum atomic E-state index is 12.8. The first-order valence-corrected chi connectivity index (χ1v) is 9.58. The minimum Gasteiger partial charge on any atom is -0.497 e. The number of ether oxygens (including phenoxy) is 2. The quantitative estimate of drug-likeness (QED) is 0.650. The maximum absolute atomic E-state index is 12.8. The molecular weight excluding hydrogens is 388 g/mol. The first-order valence-electron chi connectivity index (χ1n) is 9.58. The zero-order valence-electron chi connectivity index (χ0n) is 16.8. The van der Waals surface area contributed by atoms with Gasteiger partial charge in [-0.25, -0.2) is 9.97 Å². The summed E-state index contributed by atoms with van der Waals surface area (Å²) in [4.78, 5) is 40.4.